The molecule has 0 spiro atoms. The molecule has 2 rings (SSSR count). The fourth-order valence-corrected chi connectivity index (χ4v) is 3.27. The van der Waals surface area contributed by atoms with Gasteiger partial charge in [0.05, 0.1) is 39.6 Å². The summed E-state index contributed by atoms with van der Waals surface area (Å²) in [7, 11) is 4.64. The molecule has 1 aliphatic rings. The lowest BCUT2D eigenvalue weighted by Crippen LogP contribution is -2.45. The maximum absolute atomic E-state index is 12.7. The standard InChI is InChI=1S/C19H26N2O5S/c1-6-8-12-15(18(22)26-7-2)16(21-19(27)20-12)11-9-13(23-3)17(25-5)14(10-11)24-4/h9-10,16H,6-8H2,1-5H3,(H2,20,21,27)/t16-/m0/s1. The lowest BCUT2D eigenvalue weighted by molar-refractivity contribution is -0.139. The second kappa shape index (κ2) is 9.45. The van der Waals surface area contributed by atoms with Gasteiger partial charge in [-0.3, -0.25) is 0 Å². The van der Waals surface area contributed by atoms with Crippen LogP contribution in [-0.4, -0.2) is 39.0 Å². The molecular weight excluding hydrogens is 368 g/mol. The summed E-state index contributed by atoms with van der Waals surface area (Å²) in [5, 5.41) is 6.71. The molecule has 0 bridgehead atoms. The van der Waals surface area contributed by atoms with Gasteiger partial charge in [0.2, 0.25) is 5.75 Å². The second-order valence-electron chi connectivity index (χ2n) is 5.85. The monoisotopic (exact) mass is 394 g/mol. The molecule has 27 heavy (non-hydrogen) atoms. The summed E-state index contributed by atoms with van der Waals surface area (Å²) in [6.45, 7) is 4.10. The summed E-state index contributed by atoms with van der Waals surface area (Å²) in [6.07, 6.45) is 1.53. The van der Waals surface area contributed by atoms with Crippen LogP contribution in [0.15, 0.2) is 23.4 Å². The van der Waals surface area contributed by atoms with Crippen LogP contribution < -0.4 is 24.8 Å². The summed E-state index contributed by atoms with van der Waals surface area (Å²) >= 11 is 5.35. The van der Waals surface area contributed by atoms with Gasteiger partial charge >= 0.3 is 5.97 Å². The van der Waals surface area contributed by atoms with Crippen molar-refractivity contribution >= 4 is 23.3 Å². The lowest BCUT2D eigenvalue weighted by atomic mass is 9.93. The Hall–Kier alpha value is -2.48. The number of ether oxygens (including phenoxy) is 4. The molecule has 0 saturated carbocycles. The Labute approximate surface area is 165 Å². The number of rotatable bonds is 8. The summed E-state index contributed by atoms with van der Waals surface area (Å²) < 4.78 is 21.6. The summed E-state index contributed by atoms with van der Waals surface area (Å²) in [5.41, 5.74) is 2.02. The summed E-state index contributed by atoms with van der Waals surface area (Å²) in [5.74, 6) is 1.09. The molecule has 0 saturated heterocycles. The summed E-state index contributed by atoms with van der Waals surface area (Å²) in [6, 6.07) is 3.11. The maximum atomic E-state index is 12.7. The third-order valence-corrected chi connectivity index (χ3v) is 4.39. The van der Waals surface area contributed by atoms with Crippen molar-refractivity contribution in [3.8, 4) is 17.2 Å². The molecular formula is C19H26N2O5S. The molecule has 0 aromatic heterocycles. The van der Waals surface area contributed by atoms with Crippen LogP contribution in [-0.2, 0) is 9.53 Å². The van der Waals surface area contributed by atoms with Crippen molar-refractivity contribution in [3.63, 3.8) is 0 Å². The molecule has 7 nitrogen and oxygen atoms in total. The number of nitrogens with one attached hydrogen (secondary N) is 2. The number of carbonyl (C=O) groups excluding carboxylic acids is 1. The minimum atomic E-state index is -0.493. The first-order valence-electron chi connectivity index (χ1n) is 8.78. The number of carbonyl (C=O) groups is 1. The Morgan fingerprint density at radius 3 is 2.22 bits per heavy atom. The van der Waals surface area contributed by atoms with Crippen LogP contribution in [0, 0.1) is 0 Å². The van der Waals surface area contributed by atoms with Crippen molar-refractivity contribution < 1.29 is 23.7 Å². The van der Waals surface area contributed by atoms with Crippen molar-refractivity contribution in [2.24, 2.45) is 0 Å². The predicted octanol–water partition coefficient (Wildman–Crippen LogP) is 2.85. The molecule has 0 radical (unpaired) electrons. The van der Waals surface area contributed by atoms with E-state index in [1.54, 1.807) is 40.4 Å². The van der Waals surface area contributed by atoms with Gasteiger partial charge in [-0.05, 0) is 43.3 Å². The van der Waals surface area contributed by atoms with Crippen LogP contribution >= 0.6 is 12.2 Å². The smallest absolute Gasteiger partial charge is 0.338 e. The highest BCUT2D eigenvalue weighted by Crippen LogP contribution is 2.41. The number of benzene rings is 1. The van der Waals surface area contributed by atoms with Crippen LogP contribution in [0.2, 0.25) is 0 Å². The van der Waals surface area contributed by atoms with Crippen molar-refractivity contribution in [1.82, 2.24) is 10.6 Å². The van der Waals surface area contributed by atoms with E-state index in [0.29, 0.717) is 34.4 Å². The number of thiocarbonyl (C=S) groups is 1. The molecule has 1 atom stereocenters. The first kappa shape index (κ1) is 20.8. The zero-order chi connectivity index (χ0) is 20.0. The molecule has 1 aromatic rings. The minimum absolute atomic E-state index is 0.286. The van der Waals surface area contributed by atoms with Crippen molar-refractivity contribution in [1.29, 1.82) is 0 Å². The highest BCUT2D eigenvalue weighted by atomic mass is 32.1. The van der Waals surface area contributed by atoms with Gasteiger partial charge in [0.15, 0.2) is 16.6 Å². The summed E-state index contributed by atoms with van der Waals surface area (Å²) in [4.78, 5) is 12.7. The van der Waals surface area contributed by atoms with Gasteiger partial charge in [0, 0.05) is 5.70 Å². The van der Waals surface area contributed by atoms with Gasteiger partial charge in [-0.15, -0.1) is 0 Å². The molecule has 1 heterocycles. The van der Waals surface area contributed by atoms with Crippen molar-refractivity contribution in [2.45, 2.75) is 32.7 Å². The lowest BCUT2D eigenvalue weighted by Gasteiger charge is -2.31. The first-order valence-corrected chi connectivity index (χ1v) is 9.18. The average Bonchev–Trinajstić information content (AvgIpc) is 2.66. The van der Waals surface area contributed by atoms with Crippen LogP contribution in [0.4, 0.5) is 0 Å². The highest BCUT2D eigenvalue weighted by Gasteiger charge is 2.33. The molecule has 8 heteroatoms. The zero-order valence-electron chi connectivity index (χ0n) is 16.3. The molecule has 0 unspecified atom stereocenters. The van der Waals surface area contributed by atoms with E-state index in [1.807, 2.05) is 6.92 Å². The Morgan fingerprint density at radius 1 is 1.11 bits per heavy atom. The number of hydrogen-bond donors (Lipinski definition) is 2. The van der Waals surface area contributed by atoms with Gasteiger partial charge in [0.25, 0.3) is 0 Å². The van der Waals surface area contributed by atoms with Crippen LogP contribution in [0.3, 0.4) is 0 Å². The normalized spacial score (nSPS) is 16.3. The average molecular weight is 394 g/mol. The first-order chi connectivity index (χ1) is 13.0. The second-order valence-corrected chi connectivity index (χ2v) is 6.26. The SMILES string of the molecule is CCCC1=C(C(=O)OCC)[C@H](c2cc(OC)c(OC)c(OC)c2)NC(=S)N1. The molecule has 0 fully saturated rings. The Kier molecular flexibility index (Phi) is 7.29. The maximum Gasteiger partial charge on any atom is 0.338 e. The molecule has 0 amide bonds. The van der Waals surface area contributed by atoms with Crippen molar-refractivity contribution in [3.05, 3.63) is 29.0 Å². The molecule has 1 aliphatic heterocycles. The van der Waals surface area contributed by atoms with Crippen molar-refractivity contribution in [2.75, 3.05) is 27.9 Å². The van der Waals surface area contributed by atoms with E-state index in [4.69, 9.17) is 31.2 Å². The van der Waals surface area contributed by atoms with E-state index in [9.17, 15) is 4.79 Å². The topological polar surface area (TPSA) is 78.1 Å². The largest absolute Gasteiger partial charge is 0.493 e. The van der Waals surface area contributed by atoms with Gasteiger partial charge in [-0.2, -0.15) is 0 Å². The third-order valence-electron chi connectivity index (χ3n) is 4.17. The van der Waals surface area contributed by atoms with E-state index in [2.05, 4.69) is 10.6 Å². The Balaban J connectivity index is 2.63. The molecule has 1 aromatic carbocycles. The van der Waals surface area contributed by atoms with E-state index < -0.39 is 6.04 Å². The van der Waals surface area contributed by atoms with E-state index in [-0.39, 0.29) is 12.6 Å². The Morgan fingerprint density at radius 2 is 1.74 bits per heavy atom. The van der Waals surface area contributed by atoms with Crippen LogP contribution in [0.5, 0.6) is 17.2 Å². The fraction of sp³-hybridized carbons (Fsp3) is 0.474. The van der Waals surface area contributed by atoms with E-state index in [1.165, 1.54) is 0 Å². The molecule has 2 N–H and O–H groups in total. The van der Waals surface area contributed by atoms with Crippen LogP contribution in [0.25, 0.3) is 0 Å². The fourth-order valence-electron chi connectivity index (χ4n) is 3.03. The Bertz CT molecular complexity index is 723. The number of allylic oxidation sites excluding steroid dienone is 1. The number of hydrogen-bond acceptors (Lipinski definition) is 6. The third kappa shape index (κ3) is 4.44. The minimum Gasteiger partial charge on any atom is -0.493 e. The van der Waals surface area contributed by atoms with Gasteiger partial charge in [-0.25, -0.2) is 4.79 Å². The number of methoxy groups -OCH3 is 3. The number of esters is 1. The quantitative estimate of drug-likeness (QED) is 0.515. The van der Waals surface area contributed by atoms with Gasteiger partial charge in [0.1, 0.15) is 0 Å². The zero-order valence-corrected chi connectivity index (χ0v) is 17.1. The molecule has 0 aliphatic carbocycles. The van der Waals surface area contributed by atoms with Crippen LogP contribution in [0.1, 0.15) is 38.3 Å². The van der Waals surface area contributed by atoms with E-state index >= 15 is 0 Å². The highest BCUT2D eigenvalue weighted by molar-refractivity contribution is 7.80. The predicted molar refractivity (Wildman–Crippen MR) is 106 cm³/mol. The molecule has 148 valence electrons. The van der Waals surface area contributed by atoms with Gasteiger partial charge in [-0.1, -0.05) is 13.3 Å². The van der Waals surface area contributed by atoms with Gasteiger partial charge < -0.3 is 29.6 Å². The van der Waals surface area contributed by atoms with E-state index in [0.717, 1.165) is 17.7 Å².